The molecule has 76 valence electrons. The van der Waals surface area contributed by atoms with Crippen molar-refractivity contribution in [1.29, 1.82) is 0 Å². The Hall–Kier alpha value is -0.150. The summed E-state index contributed by atoms with van der Waals surface area (Å²) in [4.78, 5) is 3.15. The fourth-order valence-electron chi connectivity index (χ4n) is 1.80. The van der Waals surface area contributed by atoms with Gasteiger partial charge in [0.1, 0.15) is 0 Å². The first-order valence-corrected chi connectivity index (χ1v) is 5.70. The van der Waals surface area contributed by atoms with Crippen LogP contribution in [0.15, 0.2) is 0 Å². The molecular weight excluding hydrogens is 180 g/mol. The molecule has 1 fully saturated rings. The van der Waals surface area contributed by atoms with E-state index in [0.29, 0.717) is 4.99 Å². The van der Waals surface area contributed by atoms with Crippen molar-refractivity contribution >= 4 is 17.2 Å². The molecule has 3 heteroatoms. The standard InChI is InChI=1S/C10H20N2S/c11-10(13)6-9-12-7-4-2-1-3-5-8-12/h1-9H2,(H2,11,13). The fraction of sp³-hybridized carbons (Fsp3) is 0.900. The molecule has 0 atom stereocenters. The average molecular weight is 200 g/mol. The van der Waals surface area contributed by atoms with Gasteiger partial charge in [0.05, 0.1) is 4.99 Å². The Morgan fingerprint density at radius 1 is 1.08 bits per heavy atom. The van der Waals surface area contributed by atoms with Crippen LogP contribution in [0.2, 0.25) is 0 Å². The summed E-state index contributed by atoms with van der Waals surface area (Å²) in [6.45, 7) is 3.54. The first-order valence-electron chi connectivity index (χ1n) is 5.30. The number of nitrogens with two attached hydrogens (primary N) is 1. The molecule has 0 amide bonds. The molecule has 0 unspecified atom stereocenters. The minimum Gasteiger partial charge on any atom is -0.393 e. The number of thiocarbonyl (C=S) groups is 1. The Morgan fingerprint density at radius 3 is 2.15 bits per heavy atom. The zero-order valence-electron chi connectivity index (χ0n) is 8.30. The van der Waals surface area contributed by atoms with Crippen molar-refractivity contribution in [2.75, 3.05) is 19.6 Å². The molecule has 0 aromatic carbocycles. The minimum atomic E-state index is 0.655. The quantitative estimate of drug-likeness (QED) is 0.706. The van der Waals surface area contributed by atoms with Crippen LogP contribution in [0.25, 0.3) is 0 Å². The van der Waals surface area contributed by atoms with E-state index in [9.17, 15) is 0 Å². The molecule has 0 saturated carbocycles. The third kappa shape index (κ3) is 5.21. The van der Waals surface area contributed by atoms with Crippen LogP contribution in [0.4, 0.5) is 0 Å². The maximum absolute atomic E-state index is 5.48. The molecule has 1 saturated heterocycles. The van der Waals surface area contributed by atoms with Gasteiger partial charge < -0.3 is 10.6 Å². The predicted molar refractivity (Wildman–Crippen MR) is 60.9 cm³/mol. The largest absolute Gasteiger partial charge is 0.393 e. The Labute approximate surface area is 86.5 Å². The number of nitrogens with zero attached hydrogens (tertiary/aromatic N) is 1. The highest BCUT2D eigenvalue weighted by Gasteiger charge is 2.07. The molecule has 0 aromatic heterocycles. The van der Waals surface area contributed by atoms with Gasteiger partial charge in [-0.3, -0.25) is 0 Å². The smallest absolute Gasteiger partial charge is 0.0740 e. The van der Waals surface area contributed by atoms with E-state index in [4.69, 9.17) is 18.0 Å². The van der Waals surface area contributed by atoms with E-state index in [1.807, 2.05) is 0 Å². The van der Waals surface area contributed by atoms with Crippen molar-refractivity contribution < 1.29 is 0 Å². The van der Waals surface area contributed by atoms with Crippen molar-refractivity contribution in [3.63, 3.8) is 0 Å². The van der Waals surface area contributed by atoms with Crippen molar-refractivity contribution in [2.24, 2.45) is 5.73 Å². The molecule has 2 nitrogen and oxygen atoms in total. The van der Waals surface area contributed by atoms with Gasteiger partial charge in [0.25, 0.3) is 0 Å². The molecule has 1 rings (SSSR count). The topological polar surface area (TPSA) is 29.3 Å². The SMILES string of the molecule is NC(=S)CCN1CCCCCCC1. The lowest BCUT2D eigenvalue weighted by molar-refractivity contribution is 0.254. The normalized spacial score (nSPS) is 20.6. The van der Waals surface area contributed by atoms with E-state index >= 15 is 0 Å². The molecule has 1 heterocycles. The molecule has 0 spiro atoms. The number of hydrogen-bond donors (Lipinski definition) is 1. The number of likely N-dealkylation sites (tertiary alicyclic amines) is 1. The molecule has 13 heavy (non-hydrogen) atoms. The number of rotatable bonds is 3. The summed E-state index contributed by atoms with van der Waals surface area (Å²) in [6, 6.07) is 0. The molecule has 0 aromatic rings. The average Bonchev–Trinajstić information content (AvgIpc) is 2.01. The van der Waals surface area contributed by atoms with Gasteiger partial charge in [-0.05, 0) is 25.9 Å². The fourth-order valence-corrected chi connectivity index (χ4v) is 1.90. The third-order valence-corrected chi connectivity index (χ3v) is 2.83. The summed E-state index contributed by atoms with van der Waals surface area (Å²) < 4.78 is 0. The van der Waals surface area contributed by atoms with E-state index in [1.54, 1.807) is 0 Å². The Morgan fingerprint density at radius 2 is 1.62 bits per heavy atom. The van der Waals surface area contributed by atoms with Crippen LogP contribution >= 0.6 is 12.2 Å². The predicted octanol–water partition coefficient (Wildman–Crippen LogP) is 1.93. The Balaban J connectivity index is 2.17. The van der Waals surface area contributed by atoms with Crippen LogP contribution in [0.1, 0.15) is 38.5 Å². The van der Waals surface area contributed by atoms with Crippen molar-refractivity contribution in [2.45, 2.75) is 38.5 Å². The van der Waals surface area contributed by atoms with Crippen molar-refractivity contribution in [3.05, 3.63) is 0 Å². The number of hydrogen-bond acceptors (Lipinski definition) is 2. The van der Waals surface area contributed by atoms with E-state index in [2.05, 4.69) is 4.90 Å². The van der Waals surface area contributed by atoms with Gasteiger partial charge in [-0.1, -0.05) is 31.5 Å². The summed E-state index contributed by atoms with van der Waals surface area (Å²) in [5.41, 5.74) is 5.48. The summed E-state index contributed by atoms with van der Waals surface area (Å²) in [5.74, 6) is 0. The molecule has 0 radical (unpaired) electrons. The second-order valence-electron chi connectivity index (χ2n) is 3.83. The van der Waals surface area contributed by atoms with Gasteiger partial charge >= 0.3 is 0 Å². The monoisotopic (exact) mass is 200 g/mol. The lowest BCUT2D eigenvalue weighted by Gasteiger charge is -2.23. The Bertz CT molecular complexity index is 151. The summed E-state index contributed by atoms with van der Waals surface area (Å²) in [5, 5.41) is 0. The molecule has 0 bridgehead atoms. The van der Waals surface area contributed by atoms with Crippen LogP contribution in [-0.4, -0.2) is 29.5 Å². The lowest BCUT2D eigenvalue weighted by atomic mass is 10.1. The molecule has 0 aliphatic carbocycles. The first-order chi connectivity index (χ1) is 6.29. The second kappa shape index (κ2) is 6.33. The molecule has 1 aliphatic rings. The van der Waals surface area contributed by atoms with Crippen LogP contribution in [-0.2, 0) is 0 Å². The second-order valence-corrected chi connectivity index (χ2v) is 4.35. The van der Waals surface area contributed by atoms with Crippen molar-refractivity contribution in [3.8, 4) is 0 Å². The van der Waals surface area contributed by atoms with Gasteiger partial charge in [0.15, 0.2) is 0 Å². The van der Waals surface area contributed by atoms with Gasteiger partial charge in [0, 0.05) is 13.0 Å². The van der Waals surface area contributed by atoms with E-state index in [1.165, 1.54) is 45.2 Å². The molecule has 2 N–H and O–H groups in total. The summed E-state index contributed by atoms with van der Waals surface area (Å²) >= 11 is 4.88. The highest BCUT2D eigenvalue weighted by Crippen LogP contribution is 2.10. The Kier molecular flexibility index (Phi) is 5.32. The van der Waals surface area contributed by atoms with Crippen LogP contribution in [0.3, 0.4) is 0 Å². The van der Waals surface area contributed by atoms with E-state index in [-0.39, 0.29) is 0 Å². The van der Waals surface area contributed by atoms with Crippen LogP contribution in [0, 0.1) is 0 Å². The van der Waals surface area contributed by atoms with Crippen molar-refractivity contribution in [1.82, 2.24) is 4.90 Å². The summed E-state index contributed by atoms with van der Waals surface area (Å²) in [6.07, 6.45) is 7.78. The van der Waals surface area contributed by atoms with Gasteiger partial charge in [-0.15, -0.1) is 0 Å². The molecular formula is C10H20N2S. The zero-order valence-corrected chi connectivity index (χ0v) is 9.11. The van der Waals surface area contributed by atoms with Crippen LogP contribution in [0.5, 0.6) is 0 Å². The highest BCUT2D eigenvalue weighted by atomic mass is 32.1. The molecule has 1 aliphatic heterocycles. The van der Waals surface area contributed by atoms with E-state index < -0.39 is 0 Å². The van der Waals surface area contributed by atoms with Gasteiger partial charge in [-0.2, -0.15) is 0 Å². The lowest BCUT2D eigenvalue weighted by Crippen LogP contribution is -2.30. The highest BCUT2D eigenvalue weighted by molar-refractivity contribution is 7.80. The minimum absolute atomic E-state index is 0.655. The van der Waals surface area contributed by atoms with Crippen LogP contribution < -0.4 is 5.73 Å². The maximum atomic E-state index is 5.48. The summed E-state index contributed by atoms with van der Waals surface area (Å²) in [7, 11) is 0. The third-order valence-electron chi connectivity index (χ3n) is 2.62. The first kappa shape index (κ1) is 10.9. The van der Waals surface area contributed by atoms with Gasteiger partial charge in [0.2, 0.25) is 0 Å². The zero-order chi connectivity index (χ0) is 9.52. The van der Waals surface area contributed by atoms with E-state index in [0.717, 1.165) is 13.0 Å². The maximum Gasteiger partial charge on any atom is 0.0740 e. The van der Waals surface area contributed by atoms with Gasteiger partial charge in [-0.25, -0.2) is 0 Å².